The molecule has 0 saturated heterocycles. The van der Waals surface area contributed by atoms with E-state index >= 15 is 0 Å². The van der Waals surface area contributed by atoms with Crippen molar-refractivity contribution in [2.24, 2.45) is 0 Å². The summed E-state index contributed by atoms with van der Waals surface area (Å²) in [5, 5.41) is 0. The first-order chi connectivity index (χ1) is 10.8. The Bertz CT molecular complexity index is 458. The molecule has 0 radical (unpaired) electrons. The van der Waals surface area contributed by atoms with E-state index in [2.05, 4.69) is 71.6 Å². The van der Waals surface area contributed by atoms with Crippen LogP contribution in [-0.4, -0.2) is 12.2 Å². The first-order valence-electron chi connectivity index (χ1n) is 8.74. The fraction of sp³-hybridized carbons (Fsp3) is 0.545. The largest absolute Gasteiger partial charge is 0.371 e. The van der Waals surface area contributed by atoms with E-state index in [0.29, 0.717) is 0 Å². The molecule has 0 aromatic carbocycles. The Hall–Kier alpha value is -1.34. The zero-order valence-corrected chi connectivity index (χ0v) is 16.1. The van der Waals surface area contributed by atoms with E-state index in [4.69, 9.17) is 4.74 Å². The molecule has 130 valence electrons. The van der Waals surface area contributed by atoms with Crippen LogP contribution in [0.25, 0.3) is 0 Å². The van der Waals surface area contributed by atoms with Gasteiger partial charge in [0.15, 0.2) is 0 Å². The first kappa shape index (κ1) is 21.7. The van der Waals surface area contributed by atoms with Crippen LogP contribution in [0.3, 0.4) is 0 Å². The van der Waals surface area contributed by atoms with Gasteiger partial charge in [0.25, 0.3) is 0 Å². The number of hydrogen-bond acceptors (Lipinski definition) is 1. The van der Waals surface area contributed by atoms with Crippen molar-refractivity contribution in [2.75, 3.05) is 6.61 Å². The van der Waals surface area contributed by atoms with E-state index in [9.17, 15) is 0 Å². The van der Waals surface area contributed by atoms with Crippen molar-refractivity contribution in [3.63, 3.8) is 0 Å². The monoisotopic (exact) mass is 316 g/mol. The average Bonchev–Trinajstić information content (AvgIpc) is 2.46. The Balaban J connectivity index is 4.57. The predicted molar refractivity (Wildman–Crippen MR) is 105 cm³/mol. The molecule has 0 aliphatic carbocycles. The van der Waals surface area contributed by atoms with Crippen molar-refractivity contribution >= 4 is 0 Å². The lowest BCUT2D eigenvalue weighted by Crippen LogP contribution is -2.25. The van der Waals surface area contributed by atoms with Crippen molar-refractivity contribution in [3.8, 4) is 0 Å². The SMILES string of the molecule is C=C/C(C)=C/C=C/C(C)(CC/C=C(\C)CCC=C(C)C)OCC. The molecule has 23 heavy (non-hydrogen) atoms. The Kier molecular flexibility index (Phi) is 11.4. The second-order valence-corrected chi connectivity index (χ2v) is 6.63. The fourth-order valence-corrected chi connectivity index (χ4v) is 2.30. The van der Waals surface area contributed by atoms with E-state index in [-0.39, 0.29) is 5.60 Å². The van der Waals surface area contributed by atoms with Crippen LogP contribution in [0.1, 0.15) is 67.2 Å². The maximum absolute atomic E-state index is 5.96. The quantitative estimate of drug-likeness (QED) is 0.296. The molecule has 0 aliphatic heterocycles. The van der Waals surface area contributed by atoms with Crippen LogP contribution < -0.4 is 0 Å². The van der Waals surface area contributed by atoms with Gasteiger partial charge in [-0.1, -0.05) is 59.8 Å². The van der Waals surface area contributed by atoms with Gasteiger partial charge >= 0.3 is 0 Å². The van der Waals surface area contributed by atoms with Crippen molar-refractivity contribution in [1.29, 1.82) is 0 Å². The van der Waals surface area contributed by atoms with Gasteiger partial charge in [0.2, 0.25) is 0 Å². The third kappa shape index (κ3) is 11.8. The lowest BCUT2D eigenvalue weighted by Gasteiger charge is -2.25. The standard InChI is InChI=1S/C22H36O/c1-8-20(5)15-11-17-22(7,23-9-2)18-12-16-21(6)14-10-13-19(3)4/h8,11,13,15-17H,1,9-10,12,14,18H2,2-7H3/b17-11+,20-15+,21-16+. The van der Waals surface area contributed by atoms with Crippen LogP contribution in [0.2, 0.25) is 0 Å². The molecule has 0 saturated carbocycles. The van der Waals surface area contributed by atoms with Crippen LogP contribution in [0, 0.1) is 0 Å². The highest BCUT2D eigenvalue weighted by Crippen LogP contribution is 2.21. The molecule has 1 nitrogen and oxygen atoms in total. The normalized spacial score (nSPS) is 15.6. The molecule has 0 rings (SSSR count). The Labute approximate surface area is 144 Å². The molecule has 0 N–H and O–H groups in total. The second kappa shape index (κ2) is 12.1. The zero-order chi connectivity index (χ0) is 17.7. The molecule has 0 aromatic heterocycles. The highest BCUT2D eigenvalue weighted by atomic mass is 16.5. The lowest BCUT2D eigenvalue weighted by molar-refractivity contribution is 0.00815. The van der Waals surface area contributed by atoms with Crippen molar-refractivity contribution in [3.05, 3.63) is 59.8 Å². The van der Waals surface area contributed by atoms with Crippen LogP contribution in [0.5, 0.6) is 0 Å². The summed E-state index contributed by atoms with van der Waals surface area (Å²) in [6.45, 7) is 17.3. The summed E-state index contributed by atoms with van der Waals surface area (Å²) in [6.07, 6.45) is 17.2. The van der Waals surface area contributed by atoms with E-state index in [1.165, 1.54) is 11.1 Å². The Morgan fingerprint density at radius 1 is 1.09 bits per heavy atom. The number of allylic oxidation sites excluding steroid dienone is 8. The number of ether oxygens (including phenoxy) is 1. The summed E-state index contributed by atoms with van der Waals surface area (Å²) in [7, 11) is 0. The van der Waals surface area contributed by atoms with Crippen LogP contribution in [-0.2, 0) is 4.74 Å². The van der Waals surface area contributed by atoms with Gasteiger partial charge in [-0.2, -0.15) is 0 Å². The molecule has 0 aromatic rings. The lowest BCUT2D eigenvalue weighted by atomic mass is 9.97. The zero-order valence-electron chi connectivity index (χ0n) is 16.1. The highest BCUT2D eigenvalue weighted by Gasteiger charge is 2.19. The van der Waals surface area contributed by atoms with Crippen LogP contribution in [0.4, 0.5) is 0 Å². The number of hydrogen-bond donors (Lipinski definition) is 0. The molecule has 0 fully saturated rings. The third-order valence-electron chi connectivity index (χ3n) is 3.83. The van der Waals surface area contributed by atoms with Gasteiger partial charge in [0.1, 0.15) is 0 Å². The fourth-order valence-electron chi connectivity index (χ4n) is 2.30. The Morgan fingerprint density at radius 3 is 2.35 bits per heavy atom. The minimum absolute atomic E-state index is 0.205. The van der Waals surface area contributed by atoms with Crippen molar-refractivity contribution in [1.82, 2.24) is 0 Å². The molecule has 0 aliphatic rings. The summed E-state index contributed by atoms with van der Waals surface area (Å²) >= 11 is 0. The summed E-state index contributed by atoms with van der Waals surface area (Å²) in [4.78, 5) is 0. The van der Waals surface area contributed by atoms with E-state index in [0.717, 1.165) is 37.9 Å². The van der Waals surface area contributed by atoms with Crippen molar-refractivity contribution in [2.45, 2.75) is 72.8 Å². The molecule has 0 bridgehead atoms. The van der Waals surface area contributed by atoms with Gasteiger partial charge in [0, 0.05) is 6.61 Å². The molecule has 1 unspecified atom stereocenters. The first-order valence-corrected chi connectivity index (χ1v) is 8.74. The Morgan fingerprint density at radius 2 is 1.78 bits per heavy atom. The minimum Gasteiger partial charge on any atom is -0.371 e. The molecule has 1 atom stereocenters. The molecular weight excluding hydrogens is 280 g/mol. The molecule has 0 heterocycles. The van der Waals surface area contributed by atoms with Gasteiger partial charge in [-0.05, 0) is 67.2 Å². The summed E-state index contributed by atoms with van der Waals surface area (Å²) in [5.41, 5.74) is 3.82. The van der Waals surface area contributed by atoms with E-state index in [1.807, 2.05) is 13.0 Å². The smallest absolute Gasteiger partial charge is 0.0840 e. The topological polar surface area (TPSA) is 9.23 Å². The predicted octanol–water partition coefficient (Wildman–Crippen LogP) is 6.94. The minimum atomic E-state index is -0.205. The highest BCUT2D eigenvalue weighted by molar-refractivity contribution is 5.21. The molecule has 0 spiro atoms. The summed E-state index contributed by atoms with van der Waals surface area (Å²) in [6, 6.07) is 0. The second-order valence-electron chi connectivity index (χ2n) is 6.63. The average molecular weight is 317 g/mol. The van der Waals surface area contributed by atoms with E-state index < -0.39 is 0 Å². The summed E-state index contributed by atoms with van der Waals surface area (Å²) < 4.78 is 5.96. The van der Waals surface area contributed by atoms with Crippen LogP contribution >= 0.6 is 0 Å². The van der Waals surface area contributed by atoms with Gasteiger partial charge < -0.3 is 4.74 Å². The van der Waals surface area contributed by atoms with Crippen molar-refractivity contribution < 1.29 is 4.74 Å². The van der Waals surface area contributed by atoms with Gasteiger partial charge in [0.05, 0.1) is 5.60 Å². The van der Waals surface area contributed by atoms with Gasteiger partial charge in [-0.15, -0.1) is 0 Å². The molecule has 0 amide bonds. The summed E-state index contributed by atoms with van der Waals surface area (Å²) in [5.74, 6) is 0. The molecule has 1 heteroatoms. The molecular formula is C22H36O. The van der Waals surface area contributed by atoms with E-state index in [1.54, 1.807) is 0 Å². The van der Waals surface area contributed by atoms with Gasteiger partial charge in [-0.25, -0.2) is 0 Å². The maximum atomic E-state index is 5.96. The maximum Gasteiger partial charge on any atom is 0.0840 e. The number of rotatable bonds is 11. The van der Waals surface area contributed by atoms with Gasteiger partial charge in [-0.3, -0.25) is 0 Å². The third-order valence-corrected chi connectivity index (χ3v) is 3.83. The van der Waals surface area contributed by atoms with Crippen LogP contribution in [0.15, 0.2) is 59.8 Å².